The number of fused-ring (bicyclic) bond motifs is 2. The Balaban J connectivity index is 2.22. The summed E-state index contributed by atoms with van der Waals surface area (Å²) in [5, 5.41) is 0. The molecule has 2 bridgehead atoms. The number of carbonyl (C=O) groups is 2. The molecule has 0 amide bonds. The van der Waals surface area contributed by atoms with Crippen molar-refractivity contribution in [2.24, 2.45) is 5.92 Å². The summed E-state index contributed by atoms with van der Waals surface area (Å²) < 4.78 is 10.3. The van der Waals surface area contributed by atoms with Crippen molar-refractivity contribution < 1.29 is 19.1 Å². The lowest BCUT2D eigenvalue weighted by Gasteiger charge is -2.14. The molecule has 2 rings (SSSR count). The van der Waals surface area contributed by atoms with E-state index < -0.39 is 11.9 Å². The lowest BCUT2D eigenvalue weighted by Crippen LogP contribution is -2.15. The normalized spacial score (nSPS) is 18.3. The van der Waals surface area contributed by atoms with Gasteiger partial charge in [0, 0.05) is 0 Å². The molecule has 0 aliphatic carbocycles. The van der Waals surface area contributed by atoms with E-state index in [2.05, 4.69) is 0 Å². The highest BCUT2D eigenvalue weighted by molar-refractivity contribution is 5.95. The van der Waals surface area contributed by atoms with E-state index in [-0.39, 0.29) is 0 Å². The zero-order chi connectivity index (χ0) is 13.0. The van der Waals surface area contributed by atoms with Crippen molar-refractivity contribution >= 4 is 11.9 Å². The Morgan fingerprint density at radius 3 is 2.00 bits per heavy atom. The molecule has 0 atom stereocenters. The summed E-state index contributed by atoms with van der Waals surface area (Å²) in [5.41, 5.74) is 0.773. The lowest BCUT2D eigenvalue weighted by atomic mass is 10.1. The molecule has 0 fully saturated rings. The van der Waals surface area contributed by atoms with Crippen LogP contribution in [0.5, 0.6) is 0 Å². The second-order valence-corrected chi connectivity index (χ2v) is 4.54. The van der Waals surface area contributed by atoms with E-state index >= 15 is 0 Å². The number of carbonyl (C=O) groups excluding carboxylic acids is 2. The second-order valence-electron chi connectivity index (χ2n) is 4.54. The summed E-state index contributed by atoms with van der Waals surface area (Å²) in [5.74, 6) is -0.418. The van der Waals surface area contributed by atoms with Gasteiger partial charge in [-0.15, -0.1) is 0 Å². The predicted octanol–water partition coefficient (Wildman–Crippen LogP) is 2.43. The van der Waals surface area contributed by atoms with Crippen molar-refractivity contribution in [3.05, 3.63) is 35.4 Å². The van der Waals surface area contributed by atoms with Crippen molar-refractivity contribution in [1.82, 2.24) is 0 Å². The Morgan fingerprint density at radius 2 is 1.50 bits per heavy atom. The molecule has 1 aromatic carbocycles. The second kappa shape index (κ2) is 5.67. The predicted molar refractivity (Wildman–Crippen MR) is 65.4 cm³/mol. The quantitative estimate of drug-likeness (QED) is 0.662. The number of benzene rings is 1. The third-order valence-electron chi connectivity index (χ3n) is 3.02. The van der Waals surface area contributed by atoms with Crippen LogP contribution in [0, 0.1) is 5.92 Å². The molecular formula is C14H16O4. The van der Waals surface area contributed by atoms with Gasteiger partial charge in [-0.2, -0.15) is 0 Å². The molecule has 1 aromatic rings. The van der Waals surface area contributed by atoms with Crippen molar-refractivity contribution in [1.29, 1.82) is 0 Å². The van der Waals surface area contributed by atoms with Crippen molar-refractivity contribution in [3.63, 3.8) is 0 Å². The molecule has 0 spiro atoms. The topological polar surface area (TPSA) is 52.6 Å². The summed E-state index contributed by atoms with van der Waals surface area (Å²) in [6.45, 7) is 2.85. The van der Waals surface area contributed by atoms with Crippen LogP contribution in [0.25, 0.3) is 0 Å². The Morgan fingerprint density at radius 1 is 1.00 bits per heavy atom. The molecule has 0 saturated carbocycles. The first-order chi connectivity index (χ1) is 8.66. The number of ether oxygens (including phenoxy) is 2. The first kappa shape index (κ1) is 12.6. The first-order valence-electron chi connectivity index (χ1n) is 6.11. The van der Waals surface area contributed by atoms with Crippen LogP contribution in [0.3, 0.4) is 0 Å². The van der Waals surface area contributed by atoms with Gasteiger partial charge in [-0.25, -0.2) is 9.59 Å². The fourth-order valence-corrected chi connectivity index (χ4v) is 1.79. The van der Waals surface area contributed by atoms with E-state index in [4.69, 9.17) is 9.47 Å². The number of rotatable bonds is 0. The first-order valence-corrected chi connectivity index (χ1v) is 6.11. The summed E-state index contributed by atoms with van der Waals surface area (Å²) in [6, 6.07) is 6.43. The average Bonchev–Trinajstić information content (AvgIpc) is 2.37. The fraction of sp³-hybridized carbons (Fsp3) is 0.429. The van der Waals surface area contributed by atoms with Crippen LogP contribution in [-0.4, -0.2) is 25.2 Å². The Labute approximate surface area is 106 Å². The molecular weight excluding hydrogens is 232 g/mol. The molecule has 0 aromatic heterocycles. The smallest absolute Gasteiger partial charge is 0.338 e. The van der Waals surface area contributed by atoms with Gasteiger partial charge in [0.2, 0.25) is 0 Å². The maximum atomic E-state index is 11.7. The van der Waals surface area contributed by atoms with Crippen molar-refractivity contribution in [3.8, 4) is 0 Å². The maximum absolute atomic E-state index is 11.7. The van der Waals surface area contributed by atoms with E-state index in [9.17, 15) is 9.59 Å². The molecule has 1 aliphatic rings. The minimum absolute atomic E-state index is 0.364. The number of hydrogen-bond donors (Lipinski definition) is 0. The van der Waals surface area contributed by atoms with Crippen molar-refractivity contribution in [2.75, 3.05) is 13.2 Å². The Hall–Kier alpha value is -1.84. The third kappa shape index (κ3) is 3.09. The van der Waals surface area contributed by atoms with Crippen LogP contribution in [-0.2, 0) is 9.47 Å². The summed E-state index contributed by atoms with van der Waals surface area (Å²) in [6.07, 6.45) is 1.56. The van der Waals surface area contributed by atoms with Crippen molar-refractivity contribution in [2.45, 2.75) is 19.8 Å². The molecule has 0 N–H and O–H groups in total. The highest BCUT2D eigenvalue weighted by Gasteiger charge is 2.15. The van der Waals surface area contributed by atoms with Gasteiger partial charge in [0.05, 0.1) is 24.3 Å². The van der Waals surface area contributed by atoms with Gasteiger partial charge in [0.1, 0.15) is 0 Å². The fourth-order valence-electron chi connectivity index (χ4n) is 1.79. The highest BCUT2D eigenvalue weighted by Crippen LogP contribution is 2.13. The van der Waals surface area contributed by atoms with Gasteiger partial charge in [0.15, 0.2) is 0 Å². The van der Waals surface area contributed by atoms with Crippen LogP contribution >= 0.6 is 0 Å². The zero-order valence-corrected chi connectivity index (χ0v) is 10.3. The van der Waals surface area contributed by atoms with E-state index in [0.29, 0.717) is 30.3 Å². The minimum atomic E-state index is -0.391. The maximum Gasteiger partial charge on any atom is 0.338 e. The third-order valence-corrected chi connectivity index (χ3v) is 3.02. The standard InChI is InChI=1S/C14H16O4/c1-10-5-7-17-13(15)11-3-2-4-12(9-11)14(16)18-8-6-10/h2-4,9-10H,5-8H2,1H3. The van der Waals surface area contributed by atoms with Gasteiger partial charge in [-0.05, 0) is 37.0 Å². The summed E-state index contributed by atoms with van der Waals surface area (Å²) in [4.78, 5) is 23.5. The zero-order valence-electron chi connectivity index (χ0n) is 10.3. The summed E-state index contributed by atoms with van der Waals surface area (Å²) in [7, 11) is 0. The SMILES string of the molecule is CC1CCOC(=O)c2cccc(c2)C(=O)OCC1. The van der Waals surface area contributed by atoms with E-state index in [1.165, 1.54) is 6.07 Å². The van der Waals surface area contributed by atoms with E-state index in [1.807, 2.05) is 6.92 Å². The van der Waals surface area contributed by atoms with Gasteiger partial charge in [-0.3, -0.25) is 0 Å². The summed E-state index contributed by atoms with van der Waals surface area (Å²) >= 11 is 0. The minimum Gasteiger partial charge on any atom is -0.462 e. The van der Waals surface area contributed by atoms with E-state index in [0.717, 1.165) is 12.8 Å². The molecule has 0 unspecified atom stereocenters. The molecule has 1 heterocycles. The molecule has 4 nitrogen and oxygen atoms in total. The number of hydrogen-bond acceptors (Lipinski definition) is 4. The lowest BCUT2D eigenvalue weighted by molar-refractivity contribution is 0.0439. The van der Waals surface area contributed by atoms with E-state index in [1.54, 1.807) is 18.2 Å². The van der Waals surface area contributed by atoms with Crippen LogP contribution in [0.1, 0.15) is 40.5 Å². The highest BCUT2D eigenvalue weighted by atomic mass is 16.5. The van der Waals surface area contributed by atoms with Crippen LogP contribution in [0.15, 0.2) is 24.3 Å². The van der Waals surface area contributed by atoms with Gasteiger partial charge >= 0.3 is 11.9 Å². The molecule has 0 radical (unpaired) electrons. The molecule has 4 heteroatoms. The molecule has 18 heavy (non-hydrogen) atoms. The number of cyclic esters (lactones) is 2. The van der Waals surface area contributed by atoms with Gasteiger partial charge in [-0.1, -0.05) is 13.0 Å². The monoisotopic (exact) mass is 248 g/mol. The van der Waals surface area contributed by atoms with Crippen LogP contribution in [0.2, 0.25) is 0 Å². The van der Waals surface area contributed by atoms with Crippen LogP contribution in [0.4, 0.5) is 0 Å². The molecule has 96 valence electrons. The Bertz CT molecular complexity index is 416. The molecule has 0 saturated heterocycles. The average molecular weight is 248 g/mol. The van der Waals surface area contributed by atoms with Crippen LogP contribution < -0.4 is 0 Å². The molecule has 1 aliphatic heterocycles. The largest absolute Gasteiger partial charge is 0.462 e. The van der Waals surface area contributed by atoms with Gasteiger partial charge < -0.3 is 9.47 Å². The van der Waals surface area contributed by atoms with Gasteiger partial charge in [0.25, 0.3) is 0 Å². The number of esters is 2. The Kier molecular flexibility index (Phi) is 3.97.